The van der Waals surface area contributed by atoms with Crippen molar-refractivity contribution in [3.8, 4) is 0 Å². The predicted octanol–water partition coefficient (Wildman–Crippen LogP) is 1.64. The van der Waals surface area contributed by atoms with Crippen molar-refractivity contribution in [1.82, 2.24) is 0 Å². The van der Waals surface area contributed by atoms with E-state index in [1.54, 1.807) is 0 Å². The summed E-state index contributed by atoms with van der Waals surface area (Å²) in [5.74, 6) is 0.877. The topological polar surface area (TPSA) is 83.8 Å². The Morgan fingerprint density at radius 1 is 0.737 bits per heavy atom. The second-order valence-electron chi connectivity index (χ2n) is 2.79. The van der Waals surface area contributed by atoms with Crippen LogP contribution in [0.3, 0.4) is 0 Å². The third kappa shape index (κ3) is 45.8. The first-order valence-electron chi connectivity index (χ1n) is 5.40. The Labute approximate surface area is 136 Å². The standard InChI is InChI=1S/C4H10OS2.2C3H6O2S/c6-3-1-5-2-4-7;2*4-3(5)1-2-6/h6-7H,1-4H2;2*6H,1-2H2,(H,4,5). The fraction of sp³-hybridized carbons (Fsp3) is 0.800. The first kappa shape index (κ1) is 24.3. The van der Waals surface area contributed by atoms with E-state index in [1.165, 1.54) is 0 Å². The van der Waals surface area contributed by atoms with E-state index in [0.29, 0.717) is 11.5 Å². The molecule has 0 heterocycles. The minimum atomic E-state index is -0.787. The molecule has 2 N–H and O–H groups in total. The molecule has 0 aliphatic carbocycles. The van der Waals surface area contributed by atoms with Crippen LogP contribution in [0.1, 0.15) is 12.8 Å². The fourth-order valence-electron chi connectivity index (χ4n) is 0.422. The van der Waals surface area contributed by atoms with Gasteiger partial charge in [0.25, 0.3) is 0 Å². The predicted molar refractivity (Wildman–Crippen MR) is 90.7 cm³/mol. The van der Waals surface area contributed by atoms with Crippen LogP contribution in [0, 0.1) is 0 Å². The van der Waals surface area contributed by atoms with Crippen molar-refractivity contribution in [2.24, 2.45) is 0 Å². The maximum Gasteiger partial charge on any atom is 0.304 e. The van der Waals surface area contributed by atoms with Crippen LogP contribution in [0.15, 0.2) is 0 Å². The van der Waals surface area contributed by atoms with E-state index >= 15 is 0 Å². The summed E-state index contributed by atoms with van der Waals surface area (Å²) in [7, 11) is 0. The Hall–Kier alpha value is 0.300. The van der Waals surface area contributed by atoms with Crippen molar-refractivity contribution in [2.75, 3.05) is 36.2 Å². The molecule has 9 heteroatoms. The summed E-state index contributed by atoms with van der Waals surface area (Å²) in [5, 5.41) is 15.7. The lowest BCUT2D eigenvalue weighted by molar-refractivity contribution is -0.137. The Morgan fingerprint density at radius 3 is 1.16 bits per heavy atom. The third-order valence-electron chi connectivity index (χ3n) is 1.12. The molecule has 0 bridgehead atoms. The van der Waals surface area contributed by atoms with Crippen molar-refractivity contribution in [2.45, 2.75) is 12.8 Å². The van der Waals surface area contributed by atoms with Gasteiger partial charge in [-0.2, -0.15) is 50.5 Å². The highest BCUT2D eigenvalue weighted by Gasteiger charge is 1.88. The van der Waals surface area contributed by atoms with Crippen LogP contribution >= 0.6 is 50.5 Å². The van der Waals surface area contributed by atoms with Gasteiger partial charge in [0.15, 0.2) is 0 Å². The van der Waals surface area contributed by atoms with Gasteiger partial charge in [0.1, 0.15) is 0 Å². The summed E-state index contributed by atoms with van der Waals surface area (Å²) in [6, 6.07) is 0. The second-order valence-corrected chi connectivity index (χ2v) is 4.58. The van der Waals surface area contributed by atoms with Gasteiger partial charge < -0.3 is 14.9 Å². The molecule has 19 heavy (non-hydrogen) atoms. The summed E-state index contributed by atoms with van der Waals surface area (Å²) >= 11 is 15.2. The van der Waals surface area contributed by atoms with Gasteiger partial charge in [0, 0.05) is 23.0 Å². The minimum absolute atomic E-state index is 0.156. The number of thiol groups is 4. The van der Waals surface area contributed by atoms with Gasteiger partial charge in [0.2, 0.25) is 0 Å². The summed E-state index contributed by atoms with van der Waals surface area (Å²) in [5.41, 5.74) is 0. The zero-order chi connectivity index (χ0) is 15.5. The molecular weight excluding hydrogens is 328 g/mol. The first-order chi connectivity index (χ1) is 8.95. The molecule has 116 valence electrons. The van der Waals surface area contributed by atoms with Crippen molar-refractivity contribution in [3.05, 3.63) is 0 Å². The molecule has 0 rings (SSSR count). The van der Waals surface area contributed by atoms with Gasteiger partial charge >= 0.3 is 11.9 Å². The summed E-state index contributed by atoms with van der Waals surface area (Å²) in [6.07, 6.45) is 0.312. The van der Waals surface area contributed by atoms with E-state index in [2.05, 4.69) is 50.5 Å². The highest BCUT2D eigenvalue weighted by Crippen LogP contribution is 1.80. The molecule has 0 aromatic rings. The molecule has 0 aromatic carbocycles. The lowest BCUT2D eigenvalue weighted by Crippen LogP contribution is -1.97. The summed E-state index contributed by atoms with van der Waals surface area (Å²) < 4.78 is 4.98. The van der Waals surface area contributed by atoms with Crippen LogP contribution in [0.5, 0.6) is 0 Å². The number of ether oxygens (including phenoxy) is 1. The number of carboxylic acid groups (broad SMARTS) is 2. The quantitative estimate of drug-likeness (QED) is 0.296. The fourth-order valence-corrected chi connectivity index (χ4v) is 1.06. The van der Waals surface area contributed by atoms with Gasteiger partial charge in [0.05, 0.1) is 26.1 Å². The molecule has 0 atom stereocenters. The molecule has 0 aliphatic heterocycles. The number of rotatable bonds is 8. The second kappa shape index (κ2) is 23.4. The van der Waals surface area contributed by atoms with E-state index in [0.717, 1.165) is 24.7 Å². The zero-order valence-electron chi connectivity index (χ0n) is 10.6. The highest BCUT2D eigenvalue weighted by molar-refractivity contribution is 7.80. The number of hydrogen-bond acceptors (Lipinski definition) is 7. The van der Waals surface area contributed by atoms with Crippen LogP contribution in [-0.2, 0) is 14.3 Å². The Kier molecular flexibility index (Phi) is 30.0. The molecule has 0 saturated carbocycles. The Bertz CT molecular complexity index is 184. The van der Waals surface area contributed by atoms with Crippen LogP contribution in [0.25, 0.3) is 0 Å². The van der Waals surface area contributed by atoms with E-state index in [4.69, 9.17) is 14.9 Å². The van der Waals surface area contributed by atoms with Crippen LogP contribution in [0.2, 0.25) is 0 Å². The molecule has 0 saturated heterocycles. The van der Waals surface area contributed by atoms with Crippen LogP contribution in [-0.4, -0.2) is 58.4 Å². The molecule has 0 aliphatic rings. The van der Waals surface area contributed by atoms with Gasteiger partial charge in [-0.3, -0.25) is 9.59 Å². The average Bonchev–Trinajstić information content (AvgIpc) is 2.31. The zero-order valence-corrected chi connectivity index (χ0v) is 14.1. The normalized spacial score (nSPS) is 8.63. The molecule has 0 spiro atoms. The van der Waals surface area contributed by atoms with E-state index < -0.39 is 11.9 Å². The number of carboxylic acids is 2. The first-order valence-corrected chi connectivity index (χ1v) is 7.93. The number of carbonyl (C=O) groups is 2. The molecule has 0 amide bonds. The monoisotopic (exact) mass is 350 g/mol. The number of aliphatic carboxylic acids is 2. The van der Waals surface area contributed by atoms with Crippen LogP contribution in [0.4, 0.5) is 0 Å². The van der Waals surface area contributed by atoms with Crippen molar-refractivity contribution < 1.29 is 24.5 Å². The lowest BCUT2D eigenvalue weighted by Gasteiger charge is -1.94. The van der Waals surface area contributed by atoms with E-state index in [-0.39, 0.29) is 12.8 Å². The molecule has 0 radical (unpaired) electrons. The van der Waals surface area contributed by atoms with Crippen molar-refractivity contribution in [1.29, 1.82) is 0 Å². The van der Waals surface area contributed by atoms with Gasteiger partial charge in [-0.1, -0.05) is 0 Å². The molecule has 0 unspecified atom stereocenters. The molecule has 5 nitrogen and oxygen atoms in total. The average molecular weight is 351 g/mol. The Morgan fingerprint density at radius 2 is 1.05 bits per heavy atom. The van der Waals surface area contributed by atoms with Gasteiger partial charge in [-0.25, -0.2) is 0 Å². The van der Waals surface area contributed by atoms with Gasteiger partial charge in [-0.05, 0) is 0 Å². The number of hydrogen-bond donors (Lipinski definition) is 6. The summed E-state index contributed by atoms with van der Waals surface area (Å²) in [6.45, 7) is 1.48. The molecule has 0 fully saturated rings. The van der Waals surface area contributed by atoms with Gasteiger partial charge in [-0.15, -0.1) is 0 Å². The largest absolute Gasteiger partial charge is 0.481 e. The minimum Gasteiger partial charge on any atom is -0.481 e. The van der Waals surface area contributed by atoms with Crippen molar-refractivity contribution in [3.63, 3.8) is 0 Å². The summed E-state index contributed by atoms with van der Waals surface area (Å²) in [4.78, 5) is 19.1. The van der Waals surface area contributed by atoms with Crippen molar-refractivity contribution >= 4 is 62.5 Å². The third-order valence-corrected chi connectivity index (χ3v) is 1.93. The van der Waals surface area contributed by atoms with E-state index in [9.17, 15) is 9.59 Å². The smallest absolute Gasteiger partial charge is 0.304 e. The highest BCUT2D eigenvalue weighted by atomic mass is 32.1. The lowest BCUT2D eigenvalue weighted by atomic mass is 10.5. The van der Waals surface area contributed by atoms with Crippen LogP contribution < -0.4 is 0 Å². The SMILES string of the molecule is O=C(O)CCS.O=C(O)CCS.SCCOCCS. The molecular formula is C10H22O5S4. The van der Waals surface area contributed by atoms with E-state index in [1.807, 2.05) is 0 Å². The maximum atomic E-state index is 9.55. The Balaban J connectivity index is -0.000000203. The molecule has 0 aromatic heterocycles. The maximum absolute atomic E-state index is 9.55.